The Balaban J connectivity index is 0.00000121. The molecule has 0 aliphatic carbocycles. The van der Waals surface area contributed by atoms with Crippen molar-refractivity contribution in [3.05, 3.63) is 36.4 Å². The third kappa shape index (κ3) is 2.67. The maximum Gasteiger partial charge on any atom is 1.00 e. The normalized spacial score (nSPS) is 9.75. The van der Waals surface area contributed by atoms with Gasteiger partial charge in [0.2, 0.25) is 0 Å². The summed E-state index contributed by atoms with van der Waals surface area (Å²) in [5.41, 5.74) is 0.482. The van der Waals surface area contributed by atoms with Crippen LogP contribution in [0, 0.1) is 11.3 Å². The van der Waals surface area contributed by atoms with E-state index >= 15 is 0 Å². The summed E-state index contributed by atoms with van der Waals surface area (Å²) in [5.74, 6) is 0. The molecule has 12 heavy (non-hydrogen) atoms. The van der Waals surface area contributed by atoms with E-state index in [0.717, 1.165) is 0 Å². The van der Waals surface area contributed by atoms with Gasteiger partial charge in [-0.3, -0.25) is 4.98 Å². The van der Waals surface area contributed by atoms with E-state index in [-0.39, 0.29) is 35.1 Å². The van der Waals surface area contributed by atoms with Crippen LogP contribution in [0.25, 0.3) is 5.57 Å². The summed E-state index contributed by atoms with van der Waals surface area (Å²) in [6, 6.07) is 6.82. The average molecular weight is 168 g/mol. The van der Waals surface area contributed by atoms with Crippen molar-refractivity contribution < 1.29 is 34.7 Å². The molecule has 0 spiro atoms. The Labute approximate surface area is 92.7 Å². The van der Waals surface area contributed by atoms with Crippen LogP contribution in [0.4, 0.5) is 0 Å². The quantitative estimate of drug-likeness (QED) is 0.260. The minimum Gasteiger partial charge on any atom is -0.877 e. The zero-order valence-electron chi connectivity index (χ0n) is 6.69. The zero-order valence-corrected chi connectivity index (χ0v) is 8.69. The van der Waals surface area contributed by atoms with Crippen molar-refractivity contribution in [3.8, 4) is 6.07 Å². The van der Waals surface area contributed by atoms with E-state index in [1.165, 1.54) is 6.20 Å². The van der Waals surface area contributed by atoms with Crippen molar-refractivity contribution in [2.45, 2.75) is 0 Å². The molecular formula is C8H5N2NaO. The Morgan fingerprint density at radius 1 is 1.58 bits per heavy atom. The molecule has 0 aromatic carbocycles. The van der Waals surface area contributed by atoms with Gasteiger partial charge in [-0.2, -0.15) is 5.26 Å². The average Bonchev–Trinajstić information content (AvgIpc) is 2.09. The molecule has 1 aromatic rings. The van der Waals surface area contributed by atoms with Gasteiger partial charge in [0.05, 0.1) is 11.3 Å². The van der Waals surface area contributed by atoms with Crippen LogP contribution in [0.15, 0.2) is 30.7 Å². The smallest absolute Gasteiger partial charge is 0.877 e. The second-order valence-electron chi connectivity index (χ2n) is 1.86. The summed E-state index contributed by atoms with van der Waals surface area (Å²) in [6.07, 6.45) is 2.04. The molecule has 4 heteroatoms. The predicted molar refractivity (Wildman–Crippen MR) is 37.8 cm³/mol. The monoisotopic (exact) mass is 168 g/mol. The van der Waals surface area contributed by atoms with Gasteiger partial charge in [0, 0.05) is 6.20 Å². The Morgan fingerprint density at radius 3 is 2.75 bits per heavy atom. The Morgan fingerprint density at radius 2 is 2.33 bits per heavy atom. The van der Waals surface area contributed by atoms with E-state index in [9.17, 15) is 5.11 Å². The number of hydrogen-bond donors (Lipinski definition) is 0. The van der Waals surface area contributed by atoms with Crippen LogP contribution in [-0.2, 0) is 0 Å². The largest absolute Gasteiger partial charge is 1.00 e. The third-order valence-electron chi connectivity index (χ3n) is 1.18. The SMILES string of the molecule is N#CC(=C[O-])c1ccccn1.[Na+]. The molecule has 54 valence electrons. The van der Waals surface area contributed by atoms with E-state index in [2.05, 4.69) is 4.98 Å². The van der Waals surface area contributed by atoms with Gasteiger partial charge in [0.25, 0.3) is 0 Å². The van der Waals surface area contributed by atoms with E-state index in [4.69, 9.17) is 5.26 Å². The number of nitrogens with zero attached hydrogens (tertiary/aromatic N) is 2. The molecule has 0 aliphatic rings. The number of hydrogen-bond acceptors (Lipinski definition) is 3. The van der Waals surface area contributed by atoms with Gasteiger partial charge in [-0.25, -0.2) is 0 Å². The first-order valence-electron chi connectivity index (χ1n) is 3.02. The summed E-state index contributed by atoms with van der Waals surface area (Å²) in [4.78, 5) is 3.83. The first-order valence-corrected chi connectivity index (χ1v) is 3.02. The number of allylic oxidation sites excluding steroid dienone is 1. The summed E-state index contributed by atoms with van der Waals surface area (Å²) in [6.45, 7) is 0. The molecule has 1 aromatic heterocycles. The van der Waals surface area contributed by atoms with Crippen LogP contribution in [0.2, 0.25) is 0 Å². The van der Waals surface area contributed by atoms with Gasteiger partial charge < -0.3 is 5.11 Å². The van der Waals surface area contributed by atoms with Gasteiger partial charge in [0.1, 0.15) is 6.07 Å². The van der Waals surface area contributed by atoms with Gasteiger partial charge in [-0.15, -0.1) is 6.26 Å². The molecule has 1 heterocycles. The molecular weight excluding hydrogens is 163 g/mol. The van der Waals surface area contributed by atoms with Crippen molar-refractivity contribution in [1.29, 1.82) is 5.26 Å². The summed E-state index contributed by atoms with van der Waals surface area (Å²) in [7, 11) is 0. The summed E-state index contributed by atoms with van der Waals surface area (Å²) in [5, 5.41) is 18.7. The van der Waals surface area contributed by atoms with Gasteiger partial charge >= 0.3 is 29.6 Å². The summed E-state index contributed by atoms with van der Waals surface area (Å²) < 4.78 is 0. The molecule has 0 aliphatic heterocycles. The molecule has 0 bridgehead atoms. The Bertz CT molecular complexity index is 303. The van der Waals surface area contributed by atoms with Crippen molar-refractivity contribution >= 4 is 5.57 Å². The van der Waals surface area contributed by atoms with Crippen LogP contribution in [0.5, 0.6) is 0 Å². The minimum atomic E-state index is 0. The van der Waals surface area contributed by atoms with Crippen LogP contribution < -0.4 is 34.7 Å². The number of pyridine rings is 1. The molecule has 1 rings (SSSR count). The molecule has 3 nitrogen and oxygen atoms in total. The van der Waals surface area contributed by atoms with E-state index in [1.807, 2.05) is 0 Å². The van der Waals surface area contributed by atoms with Gasteiger partial charge in [0.15, 0.2) is 0 Å². The molecule has 0 radical (unpaired) electrons. The fourth-order valence-corrected chi connectivity index (χ4v) is 0.666. The van der Waals surface area contributed by atoms with Gasteiger partial charge in [-0.05, 0) is 12.1 Å². The van der Waals surface area contributed by atoms with E-state index in [0.29, 0.717) is 12.0 Å². The van der Waals surface area contributed by atoms with Crippen LogP contribution in [-0.4, -0.2) is 4.98 Å². The predicted octanol–water partition coefficient (Wildman–Crippen LogP) is -2.69. The molecule has 0 saturated carbocycles. The Kier molecular flexibility index (Phi) is 5.39. The van der Waals surface area contributed by atoms with E-state index < -0.39 is 0 Å². The second-order valence-corrected chi connectivity index (χ2v) is 1.86. The number of aromatic nitrogens is 1. The van der Waals surface area contributed by atoms with Crippen molar-refractivity contribution in [3.63, 3.8) is 0 Å². The maximum absolute atomic E-state index is 10.2. The van der Waals surface area contributed by atoms with Crippen molar-refractivity contribution in [2.75, 3.05) is 0 Å². The Hall–Kier alpha value is -0.820. The second kappa shape index (κ2) is 5.78. The topological polar surface area (TPSA) is 59.7 Å². The molecule has 0 saturated heterocycles. The fraction of sp³-hybridized carbons (Fsp3) is 0. The van der Waals surface area contributed by atoms with Crippen LogP contribution in [0.3, 0.4) is 0 Å². The maximum atomic E-state index is 10.2. The molecule has 0 N–H and O–H groups in total. The fourth-order valence-electron chi connectivity index (χ4n) is 0.666. The third-order valence-corrected chi connectivity index (χ3v) is 1.18. The van der Waals surface area contributed by atoms with E-state index in [1.54, 1.807) is 24.3 Å². The number of nitriles is 1. The number of rotatable bonds is 1. The molecule has 0 amide bonds. The molecule has 0 unspecified atom stereocenters. The van der Waals surface area contributed by atoms with Crippen molar-refractivity contribution in [1.82, 2.24) is 4.98 Å². The van der Waals surface area contributed by atoms with Gasteiger partial charge in [-0.1, -0.05) is 6.07 Å². The summed E-state index contributed by atoms with van der Waals surface area (Å²) >= 11 is 0. The molecule has 0 atom stereocenters. The van der Waals surface area contributed by atoms with Crippen molar-refractivity contribution in [2.24, 2.45) is 0 Å². The van der Waals surface area contributed by atoms with Crippen LogP contribution >= 0.6 is 0 Å². The van der Waals surface area contributed by atoms with Crippen LogP contribution in [0.1, 0.15) is 5.69 Å². The first-order chi connectivity index (χ1) is 5.38. The zero-order chi connectivity index (χ0) is 8.10. The molecule has 0 fully saturated rings. The standard InChI is InChI=1S/C8H6N2O.Na/c9-5-7(6-11)8-3-1-2-4-10-8;/h1-4,6,11H;/q;+1/p-1. The minimum absolute atomic E-state index is 0. The first kappa shape index (κ1) is 11.2.